The third-order valence-corrected chi connectivity index (χ3v) is 2.90. The van der Waals surface area contributed by atoms with Crippen molar-refractivity contribution >= 4 is 0 Å². The molecule has 0 spiro atoms. The molecule has 17 heavy (non-hydrogen) atoms. The fraction of sp³-hybridized carbons (Fsp3) is 0.643. The van der Waals surface area contributed by atoms with Gasteiger partial charge in [0.15, 0.2) is 0 Å². The second kappa shape index (κ2) is 4.65. The van der Waals surface area contributed by atoms with E-state index in [0.29, 0.717) is 12.1 Å². The van der Waals surface area contributed by atoms with E-state index in [0.717, 1.165) is 24.3 Å². The van der Waals surface area contributed by atoms with Gasteiger partial charge in [-0.2, -0.15) is 0 Å². The Bertz CT molecular complexity index is 378. The van der Waals surface area contributed by atoms with Crippen LogP contribution in [0.3, 0.4) is 0 Å². The molecule has 1 N–H and O–H groups in total. The van der Waals surface area contributed by atoms with Crippen molar-refractivity contribution in [2.45, 2.75) is 58.2 Å². The van der Waals surface area contributed by atoms with E-state index in [1.54, 1.807) is 6.20 Å². The molecule has 0 bridgehead atoms. The van der Waals surface area contributed by atoms with Gasteiger partial charge in [0.05, 0.1) is 0 Å². The second-order valence-electron chi connectivity index (χ2n) is 5.94. The van der Waals surface area contributed by atoms with E-state index >= 15 is 0 Å². The van der Waals surface area contributed by atoms with Gasteiger partial charge in [0, 0.05) is 29.5 Å². The van der Waals surface area contributed by atoms with Crippen LogP contribution in [0.1, 0.15) is 39.3 Å². The normalized spacial score (nSPS) is 24.2. The predicted molar refractivity (Wildman–Crippen MR) is 69.3 cm³/mol. The first kappa shape index (κ1) is 12.4. The van der Waals surface area contributed by atoms with Crippen molar-refractivity contribution in [3.63, 3.8) is 0 Å². The van der Waals surface area contributed by atoms with E-state index < -0.39 is 0 Å². The van der Waals surface area contributed by atoms with Crippen molar-refractivity contribution in [3.05, 3.63) is 24.0 Å². The van der Waals surface area contributed by atoms with Crippen LogP contribution in [0.25, 0.3) is 0 Å². The topological polar surface area (TPSA) is 34.1 Å². The molecule has 2 rings (SSSR count). The molecule has 94 valence electrons. The minimum Gasteiger partial charge on any atom is -0.490 e. The summed E-state index contributed by atoms with van der Waals surface area (Å²) in [6.07, 6.45) is 4.35. The number of nitrogens with one attached hydrogen (secondary N) is 1. The Labute approximate surface area is 104 Å². The molecule has 1 fully saturated rings. The standard InChI is InChI=1S/C14H22N2O/c1-10-7-12(5-6-15-10)17-13-8-11(9-13)16-14(2,3)4/h5-7,11,13,16H,8-9H2,1-4H3. The van der Waals surface area contributed by atoms with Gasteiger partial charge in [-0.3, -0.25) is 4.98 Å². The highest BCUT2D eigenvalue weighted by Crippen LogP contribution is 2.27. The van der Waals surface area contributed by atoms with Crippen LogP contribution in [0.15, 0.2) is 18.3 Å². The smallest absolute Gasteiger partial charge is 0.123 e. The number of pyridine rings is 1. The van der Waals surface area contributed by atoms with Gasteiger partial charge in [0.2, 0.25) is 0 Å². The van der Waals surface area contributed by atoms with Gasteiger partial charge < -0.3 is 10.1 Å². The average Bonchev–Trinajstić information content (AvgIpc) is 2.12. The highest BCUT2D eigenvalue weighted by molar-refractivity contribution is 5.22. The monoisotopic (exact) mass is 234 g/mol. The van der Waals surface area contributed by atoms with Crippen LogP contribution in [-0.2, 0) is 0 Å². The summed E-state index contributed by atoms with van der Waals surface area (Å²) < 4.78 is 5.90. The molecule has 1 aromatic rings. The van der Waals surface area contributed by atoms with E-state index in [9.17, 15) is 0 Å². The maximum absolute atomic E-state index is 5.90. The zero-order valence-electron chi connectivity index (χ0n) is 11.2. The van der Waals surface area contributed by atoms with Crippen molar-refractivity contribution in [3.8, 4) is 5.75 Å². The molecule has 0 saturated heterocycles. The number of nitrogens with zero attached hydrogens (tertiary/aromatic N) is 1. The molecule has 0 radical (unpaired) electrons. The van der Waals surface area contributed by atoms with Gasteiger partial charge in [0.1, 0.15) is 11.9 Å². The number of hydrogen-bond acceptors (Lipinski definition) is 3. The number of ether oxygens (including phenoxy) is 1. The molecule has 0 aliphatic heterocycles. The van der Waals surface area contributed by atoms with Gasteiger partial charge in [-0.15, -0.1) is 0 Å². The highest BCUT2D eigenvalue weighted by Gasteiger charge is 2.32. The second-order valence-corrected chi connectivity index (χ2v) is 5.94. The molecule has 1 aromatic heterocycles. The molecular weight excluding hydrogens is 212 g/mol. The third-order valence-electron chi connectivity index (χ3n) is 2.90. The fourth-order valence-electron chi connectivity index (χ4n) is 2.18. The molecule has 0 unspecified atom stereocenters. The van der Waals surface area contributed by atoms with Gasteiger partial charge in [-0.05, 0) is 46.6 Å². The lowest BCUT2D eigenvalue weighted by atomic mass is 9.87. The molecule has 0 amide bonds. The summed E-state index contributed by atoms with van der Waals surface area (Å²) in [6, 6.07) is 4.52. The Kier molecular flexibility index (Phi) is 3.38. The number of aromatic nitrogens is 1. The Balaban J connectivity index is 1.78. The summed E-state index contributed by atoms with van der Waals surface area (Å²) in [7, 11) is 0. The van der Waals surface area contributed by atoms with Crippen LogP contribution in [0.2, 0.25) is 0 Å². The first-order valence-corrected chi connectivity index (χ1v) is 6.29. The van der Waals surface area contributed by atoms with E-state index in [2.05, 4.69) is 31.1 Å². The first-order chi connectivity index (χ1) is 7.92. The molecule has 0 atom stereocenters. The Morgan fingerprint density at radius 1 is 1.35 bits per heavy atom. The van der Waals surface area contributed by atoms with Crippen LogP contribution in [0.4, 0.5) is 0 Å². The molecule has 1 heterocycles. The summed E-state index contributed by atoms with van der Waals surface area (Å²) in [4.78, 5) is 4.16. The molecular formula is C14H22N2O. The van der Waals surface area contributed by atoms with Crippen molar-refractivity contribution in [2.24, 2.45) is 0 Å². The Morgan fingerprint density at radius 3 is 2.65 bits per heavy atom. The van der Waals surface area contributed by atoms with Crippen molar-refractivity contribution in [2.75, 3.05) is 0 Å². The van der Waals surface area contributed by atoms with Crippen molar-refractivity contribution in [1.82, 2.24) is 10.3 Å². The minimum atomic E-state index is 0.197. The van der Waals surface area contributed by atoms with Crippen LogP contribution in [0.5, 0.6) is 5.75 Å². The lowest BCUT2D eigenvalue weighted by Crippen LogP contribution is -2.53. The maximum atomic E-state index is 5.90. The molecule has 0 aromatic carbocycles. The van der Waals surface area contributed by atoms with Gasteiger partial charge in [0.25, 0.3) is 0 Å². The zero-order valence-corrected chi connectivity index (χ0v) is 11.2. The predicted octanol–water partition coefficient (Wildman–Crippen LogP) is 2.69. The van der Waals surface area contributed by atoms with Crippen LogP contribution < -0.4 is 10.1 Å². The maximum Gasteiger partial charge on any atom is 0.123 e. The summed E-state index contributed by atoms with van der Waals surface area (Å²) in [6.45, 7) is 8.59. The first-order valence-electron chi connectivity index (χ1n) is 6.29. The summed E-state index contributed by atoms with van der Waals surface area (Å²) >= 11 is 0. The lowest BCUT2D eigenvalue weighted by molar-refractivity contribution is 0.0733. The van der Waals surface area contributed by atoms with Crippen LogP contribution >= 0.6 is 0 Å². The van der Waals surface area contributed by atoms with Crippen molar-refractivity contribution in [1.29, 1.82) is 0 Å². The van der Waals surface area contributed by atoms with Crippen molar-refractivity contribution < 1.29 is 4.74 Å². The Morgan fingerprint density at radius 2 is 2.06 bits per heavy atom. The van der Waals surface area contributed by atoms with Gasteiger partial charge in [-0.25, -0.2) is 0 Å². The lowest BCUT2D eigenvalue weighted by Gasteiger charge is -2.40. The van der Waals surface area contributed by atoms with E-state index in [1.807, 2.05) is 19.1 Å². The number of aryl methyl sites for hydroxylation is 1. The number of rotatable bonds is 3. The summed E-state index contributed by atoms with van der Waals surface area (Å²) in [5.74, 6) is 0.941. The average molecular weight is 234 g/mol. The molecule has 3 heteroatoms. The quantitative estimate of drug-likeness (QED) is 0.873. The van der Waals surface area contributed by atoms with Crippen LogP contribution in [0, 0.1) is 6.92 Å². The van der Waals surface area contributed by atoms with E-state index in [-0.39, 0.29) is 5.54 Å². The largest absolute Gasteiger partial charge is 0.490 e. The summed E-state index contributed by atoms with van der Waals surface area (Å²) in [5, 5.41) is 3.59. The van der Waals surface area contributed by atoms with Gasteiger partial charge in [-0.1, -0.05) is 0 Å². The Hall–Kier alpha value is -1.09. The third kappa shape index (κ3) is 3.70. The number of hydrogen-bond donors (Lipinski definition) is 1. The molecule has 1 saturated carbocycles. The molecule has 3 nitrogen and oxygen atoms in total. The van der Waals surface area contributed by atoms with Gasteiger partial charge >= 0.3 is 0 Å². The minimum absolute atomic E-state index is 0.197. The zero-order chi connectivity index (χ0) is 12.5. The van der Waals surface area contributed by atoms with E-state index in [4.69, 9.17) is 4.74 Å². The highest BCUT2D eigenvalue weighted by atomic mass is 16.5. The SMILES string of the molecule is Cc1cc(OC2CC(NC(C)(C)C)C2)ccn1. The molecule has 1 aliphatic carbocycles. The van der Waals surface area contributed by atoms with E-state index in [1.165, 1.54) is 0 Å². The molecule has 1 aliphatic rings. The fourth-order valence-corrected chi connectivity index (χ4v) is 2.18. The summed E-state index contributed by atoms with van der Waals surface area (Å²) in [5.41, 5.74) is 1.20. The van der Waals surface area contributed by atoms with Crippen LogP contribution in [-0.4, -0.2) is 22.7 Å².